The SMILES string of the molecule is Cc1ccc([C@@H]2c3cc(OCc4ccc(C(=O)NC5CC5)o4)ccc3CCN2C(=O)C2CCCC2)cc1. The Morgan fingerprint density at radius 1 is 1.00 bits per heavy atom. The molecule has 1 aromatic heterocycles. The zero-order valence-corrected chi connectivity index (χ0v) is 21.4. The second-order valence-corrected chi connectivity index (χ2v) is 10.7. The molecule has 192 valence electrons. The number of carbonyl (C=O) groups is 2. The Morgan fingerprint density at radius 2 is 1.78 bits per heavy atom. The highest BCUT2D eigenvalue weighted by Gasteiger charge is 2.36. The summed E-state index contributed by atoms with van der Waals surface area (Å²) in [6.07, 6.45) is 7.19. The summed E-state index contributed by atoms with van der Waals surface area (Å²) in [4.78, 5) is 28.0. The number of hydrogen-bond donors (Lipinski definition) is 1. The Labute approximate surface area is 218 Å². The van der Waals surface area contributed by atoms with E-state index in [1.165, 1.54) is 11.1 Å². The quantitative estimate of drug-likeness (QED) is 0.452. The predicted octanol–water partition coefficient (Wildman–Crippen LogP) is 5.72. The highest BCUT2D eigenvalue weighted by atomic mass is 16.5. The van der Waals surface area contributed by atoms with E-state index in [4.69, 9.17) is 9.15 Å². The topological polar surface area (TPSA) is 71.8 Å². The van der Waals surface area contributed by atoms with Crippen LogP contribution in [0, 0.1) is 12.8 Å². The molecule has 0 spiro atoms. The summed E-state index contributed by atoms with van der Waals surface area (Å²) < 4.78 is 11.8. The van der Waals surface area contributed by atoms with Crippen LogP contribution in [0.1, 0.15) is 83.1 Å². The van der Waals surface area contributed by atoms with Crippen LogP contribution >= 0.6 is 0 Å². The van der Waals surface area contributed by atoms with E-state index in [1.54, 1.807) is 12.1 Å². The predicted molar refractivity (Wildman–Crippen MR) is 140 cm³/mol. The van der Waals surface area contributed by atoms with E-state index in [1.807, 2.05) is 6.07 Å². The van der Waals surface area contributed by atoms with Crippen molar-refractivity contribution < 1.29 is 18.7 Å². The summed E-state index contributed by atoms with van der Waals surface area (Å²) in [5, 5.41) is 2.94. The van der Waals surface area contributed by atoms with E-state index in [-0.39, 0.29) is 36.4 Å². The molecular weight excluding hydrogens is 464 g/mol. The zero-order chi connectivity index (χ0) is 25.4. The Kier molecular flexibility index (Phi) is 6.49. The van der Waals surface area contributed by atoms with Crippen molar-refractivity contribution >= 4 is 11.8 Å². The van der Waals surface area contributed by atoms with E-state index >= 15 is 0 Å². The summed E-state index contributed by atoms with van der Waals surface area (Å²) in [5.74, 6) is 1.90. The molecular formula is C31H34N2O4. The lowest BCUT2D eigenvalue weighted by atomic mass is 9.86. The molecule has 1 atom stereocenters. The summed E-state index contributed by atoms with van der Waals surface area (Å²) in [7, 11) is 0. The molecule has 2 heterocycles. The first kappa shape index (κ1) is 23.8. The van der Waals surface area contributed by atoms with E-state index in [2.05, 4.69) is 53.5 Å². The van der Waals surface area contributed by atoms with Crippen LogP contribution in [0.25, 0.3) is 0 Å². The van der Waals surface area contributed by atoms with Gasteiger partial charge in [0.05, 0.1) is 6.04 Å². The number of rotatable bonds is 7. The standard InChI is InChI=1S/C31H34N2O4/c1-20-6-8-22(9-7-20)29-27-18-25(36-19-26-14-15-28(37-26)30(34)32-24-11-12-24)13-10-21(27)16-17-33(29)31(35)23-4-2-3-5-23/h6-10,13-15,18,23-24,29H,2-5,11-12,16-17,19H2,1H3,(H,32,34)/t29-/m1/s1. The van der Waals surface area contributed by atoms with Crippen LogP contribution in [0.3, 0.4) is 0 Å². The van der Waals surface area contributed by atoms with Crippen molar-refractivity contribution in [1.29, 1.82) is 0 Å². The average molecular weight is 499 g/mol. The minimum Gasteiger partial charge on any atom is -0.486 e. The first-order valence-electron chi connectivity index (χ1n) is 13.6. The Balaban J connectivity index is 1.24. The van der Waals surface area contributed by atoms with Gasteiger partial charge in [-0.3, -0.25) is 9.59 Å². The molecule has 1 aliphatic heterocycles. The molecule has 0 saturated heterocycles. The summed E-state index contributed by atoms with van der Waals surface area (Å²) in [6, 6.07) is 18.4. The smallest absolute Gasteiger partial charge is 0.287 e. The van der Waals surface area contributed by atoms with Crippen LogP contribution in [0.2, 0.25) is 0 Å². The summed E-state index contributed by atoms with van der Waals surface area (Å²) in [5.41, 5.74) is 4.72. The second kappa shape index (κ2) is 10.1. The van der Waals surface area contributed by atoms with Gasteiger partial charge in [-0.2, -0.15) is 0 Å². The molecule has 2 saturated carbocycles. The van der Waals surface area contributed by atoms with Gasteiger partial charge in [-0.15, -0.1) is 0 Å². The van der Waals surface area contributed by atoms with Gasteiger partial charge >= 0.3 is 0 Å². The number of benzene rings is 2. The van der Waals surface area contributed by atoms with Crippen LogP contribution in [-0.4, -0.2) is 29.3 Å². The number of fused-ring (bicyclic) bond motifs is 1. The number of amides is 2. The number of furan rings is 1. The second-order valence-electron chi connectivity index (χ2n) is 10.7. The fraction of sp³-hybridized carbons (Fsp3) is 0.419. The molecule has 6 nitrogen and oxygen atoms in total. The average Bonchev–Trinajstić information content (AvgIpc) is 3.35. The minimum absolute atomic E-state index is 0.123. The Hall–Kier alpha value is -3.54. The molecule has 0 radical (unpaired) electrons. The molecule has 6 rings (SSSR count). The maximum Gasteiger partial charge on any atom is 0.287 e. The lowest BCUT2D eigenvalue weighted by Crippen LogP contribution is -2.43. The lowest BCUT2D eigenvalue weighted by molar-refractivity contribution is -0.137. The molecule has 2 aliphatic carbocycles. The summed E-state index contributed by atoms with van der Waals surface area (Å²) >= 11 is 0. The van der Waals surface area contributed by atoms with Gasteiger partial charge in [0.2, 0.25) is 5.91 Å². The van der Waals surface area contributed by atoms with Crippen LogP contribution in [0.15, 0.2) is 59.0 Å². The van der Waals surface area contributed by atoms with Crippen molar-refractivity contribution in [2.75, 3.05) is 6.54 Å². The van der Waals surface area contributed by atoms with Crippen LogP contribution in [-0.2, 0) is 17.8 Å². The van der Waals surface area contributed by atoms with Gasteiger partial charge in [-0.1, -0.05) is 48.7 Å². The van der Waals surface area contributed by atoms with Crippen LogP contribution in [0.4, 0.5) is 0 Å². The van der Waals surface area contributed by atoms with Crippen molar-refractivity contribution in [3.63, 3.8) is 0 Å². The molecule has 6 heteroatoms. The maximum absolute atomic E-state index is 13.6. The first-order chi connectivity index (χ1) is 18.0. The van der Waals surface area contributed by atoms with E-state index < -0.39 is 0 Å². The maximum atomic E-state index is 13.6. The third kappa shape index (κ3) is 5.15. The first-order valence-corrected chi connectivity index (χ1v) is 13.6. The van der Waals surface area contributed by atoms with Crippen LogP contribution in [0.5, 0.6) is 5.75 Å². The van der Waals surface area contributed by atoms with Crippen molar-refractivity contribution in [3.8, 4) is 5.75 Å². The molecule has 2 amide bonds. The highest BCUT2D eigenvalue weighted by molar-refractivity contribution is 5.91. The number of aryl methyl sites for hydroxylation is 1. The van der Waals surface area contributed by atoms with Gasteiger partial charge in [-0.05, 0) is 80.0 Å². The largest absolute Gasteiger partial charge is 0.486 e. The molecule has 1 N–H and O–H groups in total. The van der Waals surface area contributed by atoms with E-state index in [9.17, 15) is 9.59 Å². The fourth-order valence-corrected chi connectivity index (χ4v) is 5.65. The third-order valence-corrected chi connectivity index (χ3v) is 7.91. The van der Waals surface area contributed by atoms with Crippen LogP contribution < -0.4 is 10.1 Å². The normalized spacial score (nSPS) is 19.5. The number of nitrogens with one attached hydrogen (secondary N) is 1. The molecule has 37 heavy (non-hydrogen) atoms. The number of ether oxygens (including phenoxy) is 1. The number of hydrogen-bond acceptors (Lipinski definition) is 4. The van der Waals surface area contributed by atoms with Crippen molar-refractivity contribution in [3.05, 3.63) is 88.4 Å². The molecule has 2 aromatic carbocycles. The monoisotopic (exact) mass is 498 g/mol. The molecule has 0 unspecified atom stereocenters. The highest BCUT2D eigenvalue weighted by Crippen LogP contribution is 2.40. The summed E-state index contributed by atoms with van der Waals surface area (Å²) in [6.45, 7) is 3.05. The van der Waals surface area contributed by atoms with Gasteiger partial charge in [0.25, 0.3) is 5.91 Å². The van der Waals surface area contributed by atoms with Crippen molar-refractivity contribution in [1.82, 2.24) is 10.2 Å². The molecule has 2 fully saturated rings. The van der Waals surface area contributed by atoms with Gasteiger partial charge in [0.1, 0.15) is 18.1 Å². The number of nitrogens with zero attached hydrogens (tertiary/aromatic N) is 1. The van der Waals surface area contributed by atoms with Gasteiger partial charge in [0, 0.05) is 18.5 Å². The van der Waals surface area contributed by atoms with E-state index in [0.29, 0.717) is 11.5 Å². The van der Waals surface area contributed by atoms with E-state index in [0.717, 1.165) is 68.4 Å². The molecule has 3 aromatic rings. The lowest BCUT2D eigenvalue weighted by Gasteiger charge is -2.39. The Morgan fingerprint density at radius 3 is 2.54 bits per heavy atom. The van der Waals surface area contributed by atoms with Gasteiger partial charge in [0.15, 0.2) is 5.76 Å². The minimum atomic E-state index is -0.171. The van der Waals surface area contributed by atoms with Gasteiger partial charge < -0.3 is 19.4 Å². The van der Waals surface area contributed by atoms with Crippen molar-refractivity contribution in [2.24, 2.45) is 5.92 Å². The third-order valence-electron chi connectivity index (χ3n) is 7.91. The molecule has 0 bridgehead atoms. The van der Waals surface area contributed by atoms with Gasteiger partial charge in [-0.25, -0.2) is 0 Å². The Bertz CT molecular complexity index is 1280. The number of carbonyl (C=O) groups excluding carboxylic acids is 2. The van der Waals surface area contributed by atoms with Crippen molar-refractivity contribution in [2.45, 2.75) is 70.6 Å². The zero-order valence-electron chi connectivity index (χ0n) is 21.4. The molecule has 3 aliphatic rings. The fourth-order valence-electron chi connectivity index (χ4n) is 5.65.